The lowest BCUT2D eigenvalue weighted by molar-refractivity contribution is -0.00782. The van der Waals surface area contributed by atoms with Crippen LogP contribution in [0.5, 0.6) is 0 Å². The first-order chi connectivity index (χ1) is 14.4. The SMILES string of the molecule is O=S(=O)(NCCC(O)N1CCNCC1)c1ccc(-c2c[nH]c3cc(F)ccc23)cc1. The van der Waals surface area contributed by atoms with Gasteiger partial charge in [0.15, 0.2) is 0 Å². The fraction of sp³-hybridized carbons (Fsp3) is 0.333. The maximum Gasteiger partial charge on any atom is 0.240 e. The zero-order valence-electron chi connectivity index (χ0n) is 16.4. The van der Waals surface area contributed by atoms with Crippen molar-refractivity contribution < 1.29 is 17.9 Å². The second-order valence-corrected chi connectivity index (χ2v) is 9.14. The Hall–Kier alpha value is -2.30. The molecule has 30 heavy (non-hydrogen) atoms. The number of aliphatic hydroxyl groups is 1. The molecule has 1 atom stereocenters. The quantitative estimate of drug-likeness (QED) is 0.457. The van der Waals surface area contributed by atoms with Gasteiger partial charge in [0.2, 0.25) is 10.0 Å². The molecule has 1 unspecified atom stereocenters. The summed E-state index contributed by atoms with van der Waals surface area (Å²) < 4.78 is 41.1. The van der Waals surface area contributed by atoms with Crippen molar-refractivity contribution in [2.45, 2.75) is 17.5 Å². The Morgan fingerprint density at radius 3 is 2.60 bits per heavy atom. The number of halogens is 1. The minimum absolute atomic E-state index is 0.156. The van der Waals surface area contributed by atoms with Gasteiger partial charge in [0.1, 0.15) is 12.0 Å². The third-order valence-electron chi connectivity index (χ3n) is 5.39. The van der Waals surface area contributed by atoms with E-state index in [1.54, 1.807) is 36.5 Å². The van der Waals surface area contributed by atoms with Crippen molar-refractivity contribution in [3.05, 3.63) is 54.5 Å². The molecular formula is C21H25FN4O3S. The van der Waals surface area contributed by atoms with Crippen LogP contribution in [0.2, 0.25) is 0 Å². The fourth-order valence-corrected chi connectivity index (χ4v) is 4.77. The van der Waals surface area contributed by atoms with Gasteiger partial charge in [-0.1, -0.05) is 12.1 Å². The second-order valence-electron chi connectivity index (χ2n) is 7.37. The Balaban J connectivity index is 1.41. The molecule has 3 aromatic rings. The number of hydrogen-bond donors (Lipinski definition) is 4. The molecule has 1 aliphatic heterocycles. The first-order valence-electron chi connectivity index (χ1n) is 9.94. The fourth-order valence-electron chi connectivity index (χ4n) is 3.72. The third-order valence-corrected chi connectivity index (χ3v) is 6.86. The number of nitrogens with one attached hydrogen (secondary N) is 3. The van der Waals surface area contributed by atoms with Crippen molar-refractivity contribution in [3.63, 3.8) is 0 Å². The molecule has 9 heteroatoms. The molecular weight excluding hydrogens is 407 g/mol. The van der Waals surface area contributed by atoms with E-state index < -0.39 is 16.3 Å². The number of aromatic amines is 1. The standard InChI is InChI=1S/C21H25FN4O3S/c22-16-3-6-18-19(14-24-20(18)13-16)15-1-4-17(5-2-15)30(28,29)25-8-7-21(27)26-11-9-23-10-12-26/h1-6,13-14,21,23-25,27H,7-12H2. The summed E-state index contributed by atoms with van der Waals surface area (Å²) in [6.07, 6.45) is 1.44. The number of nitrogens with zero attached hydrogens (tertiary/aromatic N) is 1. The average molecular weight is 433 g/mol. The van der Waals surface area contributed by atoms with Gasteiger partial charge in [0, 0.05) is 61.8 Å². The number of hydrogen-bond acceptors (Lipinski definition) is 5. The van der Waals surface area contributed by atoms with E-state index in [2.05, 4.69) is 15.0 Å². The van der Waals surface area contributed by atoms with Crippen LogP contribution in [0.15, 0.2) is 53.6 Å². The van der Waals surface area contributed by atoms with E-state index in [0.29, 0.717) is 11.9 Å². The van der Waals surface area contributed by atoms with Gasteiger partial charge in [-0.2, -0.15) is 0 Å². The summed E-state index contributed by atoms with van der Waals surface area (Å²) in [5.41, 5.74) is 2.40. The first-order valence-corrected chi connectivity index (χ1v) is 11.4. The van der Waals surface area contributed by atoms with E-state index in [1.165, 1.54) is 12.1 Å². The van der Waals surface area contributed by atoms with Gasteiger partial charge in [-0.3, -0.25) is 4.90 Å². The van der Waals surface area contributed by atoms with Crippen LogP contribution in [0, 0.1) is 5.82 Å². The summed E-state index contributed by atoms with van der Waals surface area (Å²) in [6.45, 7) is 3.29. The van der Waals surface area contributed by atoms with Crippen molar-refractivity contribution in [2.75, 3.05) is 32.7 Å². The molecule has 4 N–H and O–H groups in total. The van der Waals surface area contributed by atoms with Gasteiger partial charge in [-0.15, -0.1) is 0 Å². The van der Waals surface area contributed by atoms with Gasteiger partial charge in [0.25, 0.3) is 0 Å². The Labute approximate surface area is 175 Å². The van der Waals surface area contributed by atoms with Crippen LogP contribution >= 0.6 is 0 Å². The van der Waals surface area contributed by atoms with Crippen LogP contribution in [0.1, 0.15) is 6.42 Å². The molecule has 2 aromatic carbocycles. The maximum atomic E-state index is 13.4. The molecule has 0 radical (unpaired) electrons. The van der Waals surface area contributed by atoms with Crippen molar-refractivity contribution >= 4 is 20.9 Å². The predicted octanol–water partition coefficient (Wildman–Crippen LogP) is 1.87. The number of H-pyrrole nitrogens is 1. The minimum Gasteiger partial charge on any atom is -0.378 e. The number of piperazine rings is 1. The van der Waals surface area contributed by atoms with Gasteiger partial charge in [-0.25, -0.2) is 17.5 Å². The van der Waals surface area contributed by atoms with Gasteiger partial charge >= 0.3 is 0 Å². The summed E-state index contributed by atoms with van der Waals surface area (Å²) in [5.74, 6) is -0.314. The molecule has 0 saturated carbocycles. The largest absolute Gasteiger partial charge is 0.378 e. The molecule has 4 rings (SSSR count). The second kappa shape index (κ2) is 8.83. The molecule has 0 bridgehead atoms. The first kappa shape index (κ1) is 21.0. The van der Waals surface area contributed by atoms with Crippen molar-refractivity contribution in [3.8, 4) is 11.1 Å². The topological polar surface area (TPSA) is 97.5 Å². The van der Waals surface area contributed by atoms with Crippen molar-refractivity contribution in [1.82, 2.24) is 19.9 Å². The van der Waals surface area contributed by atoms with E-state index in [0.717, 1.165) is 42.7 Å². The summed E-state index contributed by atoms with van der Waals surface area (Å²) in [6, 6.07) is 11.1. The minimum atomic E-state index is -3.67. The Morgan fingerprint density at radius 2 is 1.87 bits per heavy atom. The average Bonchev–Trinajstić information content (AvgIpc) is 3.17. The van der Waals surface area contributed by atoms with Crippen LogP contribution in [0.3, 0.4) is 0 Å². The van der Waals surface area contributed by atoms with Gasteiger partial charge < -0.3 is 15.4 Å². The van der Waals surface area contributed by atoms with E-state index in [4.69, 9.17) is 0 Å². The van der Waals surface area contributed by atoms with E-state index >= 15 is 0 Å². The molecule has 1 aromatic heterocycles. The maximum absolute atomic E-state index is 13.4. The van der Waals surface area contributed by atoms with E-state index in [1.807, 2.05) is 4.90 Å². The summed E-state index contributed by atoms with van der Waals surface area (Å²) in [7, 11) is -3.67. The number of benzene rings is 2. The molecule has 0 spiro atoms. The summed E-state index contributed by atoms with van der Waals surface area (Å²) in [5, 5.41) is 14.3. The Kier molecular flexibility index (Phi) is 6.16. The van der Waals surface area contributed by atoms with Crippen LogP contribution in [0.25, 0.3) is 22.0 Å². The third kappa shape index (κ3) is 4.55. The lowest BCUT2D eigenvalue weighted by Crippen LogP contribution is -2.49. The normalized spacial score (nSPS) is 16.7. The molecule has 0 aliphatic carbocycles. The molecule has 160 valence electrons. The number of rotatable bonds is 7. The van der Waals surface area contributed by atoms with Gasteiger partial charge in [-0.05, 0) is 35.9 Å². The zero-order valence-corrected chi connectivity index (χ0v) is 17.3. The molecule has 1 saturated heterocycles. The molecule has 0 amide bonds. The number of aliphatic hydroxyl groups excluding tert-OH is 1. The number of sulfonamides is 1. The monoisotopic (exact) mass is 432 g/mol. The number of fused-ring (bicyclic) bond motifs is 1. The van der Waals surface area contributed by atoms with Gasteiger partial charge in [0.05, 0.1) is 4.90 Å². The predicted molar refractivity (Wildman–Crippen MR) is 114 cm³/mol. The lowest BCUT2D eigenvalue weighted by atomic mass is 10.1. The summed E-state index contributed by atoms with van der Waals surface area (Å²) in [4.78, 5) is 5.13. The summed E-state index contributed by atoms with van der Waals surface area (Å²) >= 11 is 0. The van der Waals surface area contributed by atoms with E-state index in [-0.39, 0.29) is 17.3 Å². The zero-order chi connectivity index (χ0) is 21.1. The van der Waals surface area contributed by atoms with Crippen LogP contribution in [0.4, 0.5) is 4.39 Å². The Bertz CT molecular complexity index is 1110. The molecule has 1 fully saturated rings. The van der Waals surface area contributed by atoms with Crippen LogP contribution in [-0.4, -0.2) is 62.4 Å². The Morgan fingerprint density at radius 1 is 1.13 bits per heavy atom. The van der Waals surface area contributed by atoms with Crippen molar-refractivity contribution in [2.24, 2.45) is 0 Å². The molecule has 1 aliphatic rings. The highest BCUT2D eigenvalue weighted by Crippen LogP contribution is 2.29. The van der Waals surface area contributed by atoms with Crippen LogP contribution < -0.4 is 10.0 Å². The van der Waals surface area contributed by atoms with Crippen LogP contribution in [-0.2, 0) is 10.0 Å². The highest BCUT2D eigenvalue weighted by molar-refractivity contribution is 7.89. The molecule has 7 nitrogen and oxygen atoms in total. The lowest BCUT2D eigenvalue weighted by Gasteiger charge is -2.31. The number of aromatic nitrogens is 1. The van der Waals surface area contributed by atoms with E-state index in [9.17, 15) is 17.9 Å². The smallest absolute Gasteiger partial charge is 0.240 e. The van der Waals surface area contributed by atoms with Crippen molar-refractivity contribution in [1.29, 1.82) is 0 Å². The highest BCUT2D eigenvalue weighted by Gasteiger charge is 2.19. The highest BCUT2D eigenvalue weighted by atomic mass is 32.2. The molecule has 2 heterocycles.